The van der Waals surface area contributed by atoms with E-state index >= 15 is 0 Å². The Morgan fingerprint density at radius 1 is 0.826 bits per heavy atom. The van der Waals surface area contributed by atoms with Crippen molar-refractivity contribution in [3.8, 4) is 0 Å². The first kappa shape index (κ1) is 34.3. The third-order valence-corrected chi connectivity index (χ3v) is 16.3. The van der Waals surface area contributed by atoms with Gasteiger partial charge in [0.05, 0.1) is 16.1 Å². The largest absolute Gasteiger partial charge is 0.501 e. The zero-order valence-electron chi connectivity index (χ0n) is 53.7. The molecule has 69 heavy (non-hydrogen) atoms. The van der Waals surface area contributed by atoms with Crippen molar-refractivity contribution >= 4 is 66.1 Å². The number of piperazine rings is 2. The Bertz CT molecular complexity index is 3420. The van der Waals surface area contributed by atoms with Gasteiger partial charge in [-0.05, 0) is 143 Å². The van der Waals surface area contributed by atoms with E-state index in [1.807, 2.05) is 0 Å². The number of anilines is 2. The van der Waals surface area contributed by atoms with Crippen molar-refractivity contribution in [1.29, 1.82) is 0 Å². The molecule has 1 spiro atoms. The van der Waals surface area contributed by atoms with E-state index in [0.29, 0.717) is 55.2 Å². The molecule has 2 aliphatic heterocycles. The summed E-state index contributed by atoms with van der Waals surface area (Å²) < 4.78 is 244. The van der Waals surface area contributed by atoms with Gasteiger partial charge in [0.1, 0.15) is 4.90 Å². The molecule has 0 radical (unpaired) electrons. The number of hydrogen-bond acceptors (Lipinski definition) is 11. The van der Waals surface area contributed by atoms with Crippen molar-refractivity contribution in [1.82, 2.24) is 19.4 Å². The topological polar surface area (TPSA) is 122 Å². The first-order valence-corrected chi connectivity index (χ1v) is 26.3. The standard InChI is InChI=1S/C51H62ClF3N6O5S3/c1-49(2,3)61-31-27-58(28-32-61)24-20-41(36-67-43-7-5-4-6-8-43)56-46-18-17-44(33-47(46)68(63,64)51(53,54)55)69(65,66)57-48(62)38-11-15-42(16-12-38)60-29-25-59(26-30-60)35-39-34-50(22-23-50)21-19-45(39)37-9-13-40(52)14-10-37/h4-18,33,41,56H,19-32,34-36H2,1-3H3,(H,57,62)/i25D2,26D2,27D2,28D2,29D2,30D2,31D2,32D2. The molecule has 2 N–H and O–H groups in total. The number of sulfone groups is 1. The molecule has 0 bridgehead atoms. The summed E-state index contributed by atoms with van der Waals surface area (Å²) in [5, 5.41) is 3.10. The van der Waals surface area contributed by atoms with E-state index in [-0.39, 0.29) is 22.1 Å². The highest BCUT2D eigenvalue weighted by Crippen LogP contribution is 2.58. The summed E-state index contributed by atoms with van der Waals surface area (Å²) >= 11 is 7.22. The molecule has 3 fully saturated rings. The number of hydrogen-bond donors (Lipinski definition) is 2. The molecule has 4 aromatic carbocycles. The minimum Gasteiger partial charge on any atom is -0.380 e. The van der Waals surface area contributed by atoms with Crippen LogP contribution in [0, 0.1) is 5.41 Å². The van der Waals surface area contributed by atoms with Crippen LogP contribution in [0.4, 0.5) is 24.5 Å². The molecule has 11 nitrogen and oxygen atoms in total. The van der Waals surface area contributed by atoms with Crippen molar-refractivity contribution in [2.45, 2.75) is 91.1 Å². The third-order valence-electron chi connectivity index (χ3n) is 12.0. The fourth-order valence-electron chi connectivity index (χ4n) is 7.92. The first-order chi connectivity index (χ1) is 38.7. The van der Waals surface area contributed by atoms with Crippen LogP contribution in [0.3, 0.4) is 0 Å². The highest BCUT2D eigenvalue weighted by Gasteiger charge is 2.49. The van der Waals surface area contributed by atoms with Gasteiger partial charge >= 0.3 is 5.51 Å². The van der Waals surface area contributed by atoms with Gasteiger partial charge in [-0.1, -0.05) is 47.5 Å². The summed E-state index contributed by atoms with van der Waals surface area (Å²) in [7, 11) is -11.8. The number of benzene rings is 4. The molecule has 18 heteroatoms. The quantitative estimate of drug-likeness (QED) is 0.104. The lowest BCUT2D eigenvalue weighted by Gasteiger charge is -2.42. The number of nitrogens with zero attached hydrogens (tertiary/aromatic N) is 4. The lowest BCUT2D eigenvalue weighted by atomic mass is 9.79. The van der Waals surface area contributed by atoms with Gasteiger partial charge in [0.2, 0.25) is 0 Å². The average Bonchev–Trinajstić information content (AvgIpc) is 1.20. The molecule has 8 rings (SSSR count). The predicted molar refractivity (Wildman–Crippen MR) is 270 cm³/mol. The molecule has 1 unspecified atom stereocenters. The number of halogens is 4. The van der Waals surface area contributed by atoms with E-state index < -0.39 is 141 Å². The van der Waals surface area contributed by atoms with Gasteiger partial charge in [-0.3, -0.25) is 14.6 Å². The van der Waals surface area contributed by atoms with Crippen molar-refractivity contribution in [2.24, 2.45) is 5.41 Å². The zero-order chi connectivity index (χ0) is 63.5. The van der Waals surface area contributed by atoms with E-state index in [2.05, 4.69) is 5.32 Å². The summed E-state index contributed by atoms with van der Waals surface area (Å²) in [5.41, 5.74) is -7.40. The lowest BCUT2D eigenvalue weighted by Crippen LogP contribution is -2.53. The van der Waals surface area contributed by atoms with Gasteiger partial charge in [-0.15, -0.1) is 11.8 Å². The van der Waals surface area contributed by atoms with Gasteiger partial charge in [0.15, 0.2) is 0 Å². The fraction of sp³-hybridized carbons (Fsp3) is 0.471. The summed E-state index contributed by atoms with van der Waals surface area (Å²) in [5.74, 6) is -1.68. The van der Waals surface area contributed by atoms with Crippen LogP contribution < -0.4 is 14.9 Å². The zero-order valence-corrected chi connectivity index (χ0v) is 41.0. The maximum atomic E-state index is 14.6. The monoisotopic (exact) mass is 1040 g/mol. The van der Waals surface area contributed by atoms with Crippen molar-refractivity contribution in [3.05, 3.63) is 119 Å². The molecule has 1 atom stereocenters. The van der Waals surface area contributed by atoms with Crippen LogP contribution in [0.5, 0.6) is 0 Å². The Kier molecular flexibility index (Phi) is 10.4. The van der Waals surface area contributed by atoms with Gasteiger partial charge < -0.3 is 15.1 Å². The normalized spacial score (nSPS) is 28.4. The Balaban J connectivity index is 1.06. The fourth-order valence-corrected chi connectivity index (χ4v) is 11.1. The van der Waals surface area contributed by atoms with Gasteiger partial charge in [0.25, 0.3) is 25.8 Å². The number of nitrogens with one attached hydrogen (secondary N) is 2. The van der Waals surface area contributed by atoms with Crippen molar-refractivity contribution in [2.75, 3.05) is 81.0 Å². The van der Waals surface area contributed by atoms with Gasteiger partial charge in [-0.2, -0.15) is 13.2 Å². The van der Waals surface area contributed by atoms with Crippen LogP contribution in [0.2, 0.25) is 5.02 Å². The number of thioether (sulfide) groups is 1. The van der Waals surface area contributed by atoms with Crippen LogP contribution in [0.15, 0.2) is 117 Å². The molecule has 372 valence electrons. The second-order valence-electron chi connectivity index (χ2n) is 18.1. The number of alkyl halides is 3. The Hall–Kier alpha value is -4.10. The Labute approximate surface area is 437 Å². The van der Waals surface area contributed by atoms with E-state index in [0.717, 1.165) is 66.4 Å². The molecule has 4 aromatic rings. The van der Waals surface area contributed by atoms with Gasteiger partial charge in [0, 0.05) is 120 Å². The number of carbonyl (C=O) groups excluding carboxylic acids is 1. The SMILES string of the molecule is [2H]C1([2H])N(CC2=C(c3ccc(Cl)cc3)CCC3(CC3)C2)C([2H])([2H])C([2H])([2H])N(c2ccc(C(=O)NS(=O)(=O)c3ccc(NC(CCN4C([2H])([2H])C([2H])([2H])N(C(C)(C)C)C([2H])([2H])C4([2H])[2H])CSc4ccccc4)c(S(=O)(=O)C(F)(F)F)c3)cc2)C1([2H])[2H]. The summed E-state index contributed by atoms with van der Waals surface area (Å²) in [6.45, 7) is -23.5. The van der Waals surface area contributed by atoms with E-state index in [1.165, 1.54) is 20.8 Å². The minimum atomic E-state index is -6.50. The third kappa shape index (κ3) is 12.7. The Morgan fingerprint density at radius 3 is 2.10 bits per heavy atom. The van der Waals surface area contributed by atoms with Gasteiger partial charge in [-0.25, -0.2) is 21.6 Å². The molecule has 2 heterocycles. The summed E-state index contributed by atoms with van der Waals surface area (Å²) in [6.07, 6.45) is 3.09. The molecular formula is C51H62ClF3N6O5S3. The molecule has 1 amide bonds. The minimum absolute atomic E-state index is 0.0912. The number of amides is 1. The Morgan fingerprint density at radius 2 is 1.48 bits per heavy atom. The average molecular weight is 1040 g/mol. The molecule has 0 aromatic heterocycles. The van der Waals surface area contributed by atoms with Crippen LogP contribution in [-0.4, -0.2) is 125 Å². The maximum absolute atomic E-state index is 14.6. The maximum Gasteiger partial charge on any atom is 0.501 e. The van der Waals surface area contributed by atoms with E-state index in [9.17, 15) is 40.3 Å². The number of sulfonamides is 1. The molecule has 2 saturated heterocycles. The molecule has 2 aliphatic carbocycles. The van der Waals surface area contributed by atoms with Crippen LogP contribution in [-0.2, 0) is 19.9 Å². The molecule has 4 aliphatic rings. The van der Waals surface area contributed by atoms with E-state index in [4.69, 9.17) is 28.1 Å². The summed E-state index contributed by atoms with van der Waals surface area (Å²) in [4.78, 5) is 13.0. The number of carbonyl (C=O) groups is 1. The predicted octanol–water partition coefficient (Wildman–Crippen LogP) is 9.67. The molecule has 1 saturated carbocycles. The van der Waals surface area contributed by atoms with Crippen molar-refractivity contribution in [3.63, 3.8) is 0 Å². The number of allylic oxidation sites excluding steroid dienone is 1. The van der Waals surface area contributed by atoms with E-state index in [1.54, 1.807) is 59.3 Å². The highest BCUT2D eigenvalue weighted by atomic mass is 35.5. The summed E-state index contributed by atoms with van der Waals surface area (Å²) in [6, 6.07) is 18.9. The second kappa shape index (κ2) is 20.9. The second-order valence-corrected chi connectivity index (χ2v) is 23.2. The lowest BCUT2D eigenvalue weighted by molar-refractivity contribution is -0.0435. The number of rotatable bonds is 16. The van der Waals surface area contributed by atoms with Crippen LogP contribution in [0.25, 0.3) is 5.57 Å². The van der Waals surface area contributed by atoms with Crippen LogP contribution in [0.1, 0.15) is 97.1 Å². The first-order valence-electron chi connectivity index (χ1n) is 29.9. The molecular weight excluding hydrogens is 965 g/mol. The van der Waals surface area contributed by atoms with Crippen LogP contribution >= 0.6 is 23.4 Å². The smallest absolute Gasteiger partial charge is 0.380 e. The van der Waals surface area contributed by atoms with Crippen molar-refractivity contribution < 1.29 is 56.7 Å². The highest BCUT2D eigenvalue weighted by molar-refractivity contribution is 7.99.